The molecule has 1 heterocycles. The summed E-state index contributed by atoms with van der Waals surface area (Å²) < 4.78 is 10.7. The summed E-state index contributed by atoms with van der Waals surface area (Å²) in [5.41, 5.74) is 4.71. The van der Waals surface area contributed by atoms with Gasteiger partial charge < -0.3 is 14.2 Å². The van der Waals surface area contributed by atoms with E-state index in [0.717, 1.165) is 28.3 Å². The molecule has 0 spiro atoms. The molecule has 0 N–H and O–H groups in total. The zero-order valence-electron chi connectivity index (χ0n) is 16.2. The lowest BCUT2D eigenvalue weighted by Crippen LogP contribution is -2.30. The van der Waals surface area contributed by atoms with Crippen LogP contribution >= 0.6 is 0 Å². The molecule has 140 valence electrons. The first kappa shape index (κ1) is 18.7. The molecular formula is C22H24N2O3. The summed E-state index contributed by atoms with van der Waals surface area (Å²) in [4.78, 5) is 14.5. The number of amides is 1. The monoisotopic (exact) mass is 364 g/mol. The summed E-state index contributed by atoms with van der Waals surface area (Å²) >= 11 is 0. The number of aromatic nitrogens is 1. The predicted octanol–water partition coefficient (Wildman–Crippen LogP) is 4.63. The average Bonchev–Trinajstić information content (AvgIpc) is 3.14. The molecule has 0 saturated heterocycles. The molecule has 0 radical (unpaired) electrons. The normalized spacial score (nSPS) is 10.7. The molecule has 1 aromatic heterocycles. The van der Waals surface area contributed by atoms with Gasteiger partial charge in [0, 0.05) is 23.7 Å². The number of hydrogen-bond acceptors (Lipinski definition) is 4. The molecule has 0 unspecified atom stereocenters. The Morgan fingerprint density at radius 1 is 1.11 bits per heavy atom. The molecule has 5 nitrogen and oxygen atoms in total. The van der Waals surface area contributed by atoms with E-state index in [4.69, 9.17) is 9.26 Å². The molecule has 0 aliphatic carbocycles. The number of aryl methyl sites for hydroxylation is 2. The molecule has 0 aliphatic heterocycles. The van der Waals surface area contributed by atoms with Crippen molar-refractivity contribution >= 4 is 5.91 Å². The van der Waals surface area contributed by atoms with E-state index < -0.39 is 0 Å². The first-order valence-electron chi connectivity index (χ1n) is 8.98. The highest BCUT2D eigenvalue weighted by molar-refractivity contribution is 5.94. The van der Waals surface area contributed by atoms with Crippen LogP contribution in [0.3, 0.4) is 0 Å². The van der Waals surface area contributed by atoms with Crippen molar-refractivity contribution < 1.29 is 14.1 Å². The lowest BCUT2D eigenvalue weighted by molar-refractivity contribution is 0.0749. The summed E-state index contributed by atoms with van der Waals surface area (Å²) in [5, 5.41) is 4.16. The molecule has 0 fully saturated rings. The minimum absolute atomic E-state index is 0.0452. The van der Waals surface area contributed by atoms with Crippen molar-refractivity contribution in [2.45, 2.75) is 27.3 Å². The van der Waals surface area contributed by atoms with Crippen LogP contribution in [0.15, 0.2) is 53.1 Å². The van der Waals surface area contributed by atoms with Gasteiger partial charge in [0.15, 0.2) is 5.76 Å². The van der Waals surface area contributed by atoms with Crippen molar-refractivity contribution in [1.29, 1.82) is 0 Å². The number of carbonyl (C=O) groups is 1. The number of ether oxygens (including phenoxy) is 1. The van der Waals surface area contributed by atoms with Crippen LogP contribution in [0.2, 0.25) is 0 Å². The Labute approximate surface area is 159 Å². The van der Waals surface area contributed by atoms with Crippen molar-refractivity contribution in [3.05, 3.63) is 70.9 Å². The van der Waals surface area contributed by atoms with Gasteiger partial charge in [0.25, 0.3) is 5.91 Å². The van der Waals surface area contributed by atoms with Crippen LogP contribution in [-0.2, 0) is 6.54 Å². The van der Waals surface area contributed by atoms with E-state index >= 15 is 0 Å². The fourth-order valence-corrected chi connectivity index (χ4v) is 3.04. The molecule has 0 bridgehead atoms. The summed E-state index contributed by atoms with van der Waals surface area (Å²) in [6.45, 7) is 7.04. The molecule has 3 aromatic rings. The fourth-order valence-electron chi connectivity index (χ4n) is 3.04. The van der Waals surface area contributed by atoms with Gasteiger partial charge in [-0.05, 0) is 50.6 Å². The van der Waals surface area contributed by atoms with Crippen LogP contribution in [0.5, 0.6) is 5.75 Å². The SMILES string of the molecule is CCN(Cc1cc(-c2ccc(C)cc2C)on1)C(=O)c1ccc(OC)cc1. The fraction of sp³-hybridized carbons (Fsp3) is 0.273. The van der Waals surface area contributed by atoms with Gasteiger partial charge in [-0.1, -0.05) is 28.9 Å². The van der Waals surface area contributed by atoms with Gasteiger partial charge in [0.1, 0.15) is 11.4 Å². The Balaban J connectivity index is 1.76. The maximum atomic E-state index is 12.8. The third-order valence-corrected chi connectivity index (χ3v) is 4.57. The summed E-state index contributed by atoms with van der Waals surface area (Å²) in [7, 11) is 1.60. The largest absolute Gasteiger partial charge is 0.497 e. The molecule has 2 aromatic carbocycles. The Bertz CT molecular complexity index is 929. The van der Waals surface area contributed by atoms with Crippen molar-refractivity contribution in [1.82, 2.24) is 10.1 Å². The van der Waals surface area contributed by atoms with Crippen LogP contribution in [0.25, 0.3) is 11.3 Å². The van der Waals surface area contributed by atoms with E-state index in [-0.39, 0.29) is 5.91 Å². The van der Waals surface area contributed by atoms with E-state index in [1.807, 2.05) is 19.1 Å². The molecule has 5 heteroatoms. The summed E-state index contributed by atoms with van der Waals surface area (Å²) in [5.74, 6) is 1.40. The lowest BCUT2D eigenvalue weighted by Gasteiger charge is -2.19. The topological polar surface area (TPSA) is 55.6 Å². The van der Waals surface area contributed by atoms with Crippen molar-refractivity contribution in [2.24, 2.45) is 0 Å². The molecule has 1 amide bonds. The Morgan fingerprint density at radius 3 is 2.48 bits per heavy atom. The van der Waals surface area contributed by atoms with E-state index in [2.05, 4.69) is 31.1 Å². The average molecular weight is 364 g/mol. The smallest absolute Gasteiger partial charge is 0.254 e. The van der Waals surface area contributed by atoms with Gasteiger partial charge in [-0.15, -0.1) is 0 Å². The number of rotatable bonds is 6. The molecule has 0 atom stereocenters. The van der Waals surface area contributed by atoms with E-state index in [9.17, 15) is 4.79 Å². The van der Waals surface area contributed by atoms with Crippen molar-refractivity contribution in [3.8, 4) is 17.1 Å². The van der Waals surface area contributed by atoms with E-state index in [1.165, 1.54) is 5.56 Å². The maximum absolute atomic E-state index is 12.8. The summed E-state index contributed by atoms with van der Waals surface area (Å²) in [6, 6.07) is 15.2. The second-order valence-corrected chi connectivity index (χ2v) is 6.55. The maximum Gasteiger partial charge on any atom is 0.254 e. The predicted molar refractivity (Wildman–Crippen MR) is 105 cm³/mol. The first-order chi connectivity index (χ1) is 13.0. The molecular weight excluding hydrogens is 340 g/mol. The molecule has 27 heavy (non-hydrogen) atoms. The van der Waals surface area contributed by atoms with Gasteiger partial charge in [-0.2, -0.15) is 0 Å². The quantitative estimate of drug-likeness (QED) is 0.640. The van der Waals surface area contributed by atoms with Gasteiger partial charge in [0.2, 0.25) is 0 Å². The number of carbonyl (C=O) groups excluding carboxylic acids is 1. The highest BCUT2D eigenvalue weighted by Crippen LogP contribution is 2.25. The Kier molecular flexibility index (Phi) is 5.60. The third kappa shape index (κ3) is 4.19. The zero-order valence-corrected chi connectivity index (χ0v) is 16.2. The van der Waals surface area contributed by atoms with Crippen LogP contribution in [-0.4, -0.2) is 29.6 Å². The van der Waals surface area contributed by atoms with Crippen LogP contribution in [0.1, 0.15) is 34.1 Å². The third-order valence-electron chi connectivity index (χ3n) is 4.57. The van der Waals surface area contributed by atoms with Crippen LogP contribution < -0.4 is 4.74 Å². The zero-order chi connectivity index (χ0) is 19.4. The second-order valence-electron chi connectivity index (χ2n) is 6.55. The Morgan fingerprint density at radius 2 is 1.85 bits per heavy atom. The number of benzene rings is 2. The van der Waals surface area contributed by atoms with Gasteiger partial charge in [0.05, 0.1) is 13.7 Å². The van der Waals surface area contributed by atoms with E-state index in [0.29, 0.717) is 18.7 Å². The van der Waals surface area contributed by atoms with Gasteiger partial charge >= 0.3 is 0 Å². The number of hydrogen-bond donors (Lipinski definition) is 0. The summed E-state index contributed by atoms with van der Waals surface area (Å²) in [6.07, 6.45) is 0. The highest BCUT2D eigenvalue weighted by Gasteiger charge is 2.17. The molecule has 0 saturated carbocycles. The number of methoxy groups -OCH3 is 1. The van der Waals surface area contributed by atoms with Crippen molar-refractivity contribution in [2.75, 3.05) is 13.7 Å². The standard InChI is InChI=1S/C22H24N2O3/c1-5-24(22(25)17-7-9-19(26-4)10-8-17)14-18-13-21(27-23-18)20-11-6-15(2)12-16(20)3/h6-13H,5,14H2,1-4H3. The van der Waals surface area contributed by atoms with Gasteiger partial charge in [-0.3, -0.25) is 4.79 Å². The molecule has 3 rings (SSSR count). The van der Waals surface area contributed by atoms with Crippen LogP contribution in [0.4, 0.5) is 0 Å². The van der Waals surface area contributed by atoms with E-state index in [1.54, 1.807) is 36.3 Å². The molecule has 0 aliphatic rings. The minimum Gasteiger partial charge on any atom is -0.497 e. The lowest BCUT2D eigenvalue weighted by atomic mass is 10.0. The van der Waals surface area contributed by atoms with Crippen molar-refractivity contribution in [3.63, 3.8) is 0 Å². The highest BCUT2D eigenvalue weighted by atomic mass is 16.5. The Hall–Kier alpha value is -3.08. The second kappa shape index (κ2) is 8.08. The van der Waals surface area contributed by atoms with Gasteiger partial charge in [-0.25, -0.2) is 0 Å². The first-order valence-corrected chi connectivity index (χ1v) is 8.98. The number of nitrogens with zero attached hydrogens (tertiary/aromatic N) is 2. The van der Waals surface area contributed by atoms with Crippen LogP contribution in [0, 0.1) is 13.8 Å². The minimum atomic E-state index is -0.0452.